The number of likely N-dealkylation sites (tertiary alicyclic amines) is 1. The van der Waals surface area contributed by atoms with E-state index in [0.29, 0.717) is 13.0 Å². The Labute approximate surface area is 113 Å². The molecule has 0 aromatic heterocycles. The first kappa shape index (κ1) is 15.5. The number of rotatable bonds is 5. The van der Waals surface area contributed by atoms with Gasteiger partial charge in [0, 0.05) is 33.0 Å². The predicted molar refractivity (Wildman–Crippen MR) is 71.3 cm³/mol. The predicted octanol–water partition coefficient (Wildman–Crippen LogP) is 0.0298. The summed E-state index contributed by atoms with van der Waals surface area (Å²) >= 11 is 0. The van der Waals surface area contributed by atoms with E-state index < -0.39 is 5.54 Å². The smallest absolute Gasteiger partial charge is 0.244 e. The number of likely N-dealkylation sites (N-methyl/N-ethyl adjacent to an activating group) is 1. The Kier molecular flexibility index (Phi) is 5.32. The van der Waals surface area contributed by atoms with Crippen LogP contribution >= 0.6 is 0 Å². The van der Waals surface area contributed by atoms with Crippen LogP contribution in [0.3, 0.4) is 0 Å². The van der Waals surface area contributed by atoms with Crippen LogP contribution in [0, 0.1) is 0 Å². The molecule has 0 bridgehead atoms. The SMILES string of the molecule is CNC(=O)C(C)(C)NC(=O)CCN1CCCCC1=O. The highest BCUT2D eigenvalue weighted by Crippen LogP contribution is 2.11. The van der Waals surface area contributed by atoms with Gasteiger partial charge in [-0.05, 0) is 26.7 Å². The Morgan fingerprint density at radius 3 is 2.58 bits per heavy atom. The summed E-state index contributed by atoms with van der Waals surface area (Å²) in [5.74, 6) is -0.341. The van der Waals surface area contributed by atoms with Crippen molar-refractivity contribution in [3.63, 3.8) is 0 Å². The summed E-state index contributed by atoms with van der Waals surface area (Å²) in [7, 11) is 1.53. The Morgan fingerprint density at radius 2 is 2.00 bits per heavy atom. The summed E-state index contributed by atoms with van der Waals surface area (Å²) in [5, 5.41) is 5.18. The monoisotopic (exact) mass is 269 g/mol. The fourth-order valence-electron chi connectivity index (χ4n) is 2.12. The molecule has 0 spiro atoms. The minimum Gasteiger partial charge on any atom is -0.357 e. The number of amides is 3. The molecule has 0 radical (unpaired) electrons. The molecular formula is C13H23N3O3. The molecule has 1 rings (SSSR count). The van der Waals surface area contributed by atoms with E-state index in [1.54, 1.807) is 18.7 Å². The molecule has 0 aliphatic carbocycles. The summed E-state index contributed by atoms with van der Waals surface area (Å²) < 4.78 is 0. The molecular weight excluding hydrogens is 246 g/mol. The van der Waals surface area contributed by atoms with E-state index >= 15 is 0 Å². The summed E-state index contributed by atoms with van der Waals surface area (Å²) in [6.45, 7) is 4.45. The first-order valence-electron chi connectivity index (χ1n) is 6.68. The zero-order valence-electron chi connectivity index (χ0n) is 11.9. The fraction of sp³-hybridized carbons (Fsp3) is 0.769. The number of nitrogens with zero attached hydrogens (tertiary/aromatic N) is 1. The third-order valence-electron chi connectivity index (χ3n) is 3.28. The van der Waals surface area contributed by atoms with E-state index in [1.165, 1.54) is 7.05 Å². The van der Waals surface area contributed by atoms with E-state index in [9.17, 15) is 14.4 Å². The highest BCUT2D eigenvalue weighted by atomic mass is 16.2. The maximum absolute atomic E-state index is 11.8. The van der Waals surface area contributed by atoms with Crippen molar-refractivity contribution in [1.82, 2.24) is 15.5 Å². The second kappa shape index (κ2) is 6.54. The van der Waals surface area contributed by atoms with E-state index in [-0.39, 0.29) is 24.1 Å². The third-order valence-corrected chi connectivity index (χ3v) is 3.28. The van der Waals surface area contributed by atoms with Crippen molar-refractivity contribution >= 4 is 17.7 Å². The zero-order valence-corrected chi connectivity index (χ0v) is 11.9. The summed E-state index contributed by atoms with van der Waals surface area (Å²) in [5.41, 5.74) is -0.933. The second-order valence-corrected chi connectivity index (χ2v) is 5.34. The first-order chi connectivity index (χ1) is 8.86. The number of piperidine rings is 1. The lowest BCUT2D eigenvalue weighted by molar-refractivity contribution is -0.135. The molecule has 0 aromatic carbocycles. The molecule has 2 N–H and O–H groups in total. The van der Waals surface area contributed by atoms with Gasteiger partial charge in [-0.1, -0.05) is 0 Å². The zero-order chi connectivity index (χ0) is 14.5. The molecule has 1 heterocycles. The highest BCUT2D eigenvalue weighted by molar-refractivity contribution is 5.90. The van der Waals surface area contributed by atoms with Crippen molar-refractivity contribution in [2.45, 2.75) is 45.1 Å². The van der Waals surface area contributed by atoms with Gasteiger partial charge in [0.05, 0.1) is 0 Å². The molecule has 19 heavy (non-hydrogen) atoms. The third kappa shape index (κ3) is 4.54. The molecule has 0 aromatic rings. The Bertz CT molecular complexity index is 366. The second-order valence-electron chi connectivity index (χ2n) is 5.34. The molecule has 1 aliphatic rings. The average molecular weight is 269 g/mol. The van der Waals surface area contributed by atoms with Crippen molar-refractivity contribution in [3.05, 3.63) is 0 Å². The van der Waals surface area contributed by atoms with Gasteiger partial charge in [-0.15, -0.1) is 0 Å². The molecule has 0 unspecified atom stereocenters. The Morgan fingerprint density at radius 1 is 1.32 bits per heavy atom. The maximum Gasteiger partial charge on any atom is 0.244 e. The van der Waals surface area contributed by atoms with Crippen LogP contribution in [-0.4, -0.2) is 48.3 Å². The molecule has 3 amide bonds. The molecule has 108 valence electrons. The van der Waals surface area contributed by atoms with E-state index in [4.69, 9.17) is 0 Å². The summed E-state index contributed by atoms with van der Waals surface area (Å²) in [4.78, 5) is 36.6. The van der Waals surface area contributed by atoms with Crippen LogP contribution in [0.1, 0.15) is 39.5 Å². The first-order valence-corrected chi connectivity index (χ1v) is 6.68. The van der Waals surface area contributed by atoms with E-state index in [1.807, 2.05) is 0 Å². The average Bonchev–Trinajstić information content (AvgIpc) is 2.36. The van der Waals surface area contributed by atoms with Crippen molar-refractivity contribution < 1.29 is 14.4 Å². The molecule has 1 aliphatic heterocycles. The molecule has 6 nitrogen and oxygen atoms in total. The highest BCUT2D eigenvalue weighted by Gasteiger charge is 2.28. The lowest BCUT2D eigenvalue weighted by Gasteiger charge is -2.28. The standard InChI is InChI=1S/C13H23N3O3/c1-13(2,12(19)14-3)15-10(17)7-9-16-8-5-4-6-11(16)18/h4-9H2,1-3H3,(H,14,19)(H,15,17). The van der Waals surface area contributed by atoms with Crippen molar-refractivity contribution in [3.8, 4) is 0 Å². The minimum atomic E-state index is -0.933. The van der Waals surface area contributed by atoms with Gasteiger partial charge in [0.15, 0.2) is 0 Å². The van der Waals surface area contributed by atoms with Gasteiger partial charge in [0.25, 0.3) is 0 Å². The Balaban J connectivity index is 2.39. The molecule has 6 heteroatoms. The van der Waals surface area contributed by atoms with Gasteiger partial charge < -0.3 is 15.5 Å². The van der Waals surface area contributed by atoms with Gasteiger partial charge >= 0.3 is 0 Å². The van der Waals surface area contributed by atoms with Crippen molar-refractivity contribution in [2.24, 2.45) is 0 Å². The molecule has 1 saturated heterocycles. The van der Waals surface area contributed by atoms with Crippen LogP contribution in [0.4, 0.5) is 0 Å². The van der Waals surface area contributed by atoms with E-state index in [0.717, 1.165) is 19.4 Å². The van der Waals surface area contributed by atoms with Crippen LogP contribution in [0.5, 0.6) is 0 Å². The number of nitrogens with one attached hydrogen (secondary N) is 2. The van der Waals surface area contributed by atoms with Gasteiger partial charge in [-0.2, -0.15) is 0 Å². The minimum absolute atomic E-state index is 0.115. The topological polar surface area (TPSA) is 78.5 Å². The van der Waals surface area contributed by atoms with Gasteiger partial charge in [-0.25, -0.2) is 0 Å². The quantitative estimate of drug-likeness (QED) is 0.739. The fourth-order valence-corrected chi connectivity index (χ4v) is 2.12. The molecule has 1 fully saturated rings. The van der Waals surface area contributed by atoms with Crippen LogP contribution in [0.25, 0.3) is 0 Å². The number of carbonyl (C=O) groups is 3. The normalized spacial score (nSPS) is 16.2. The maximum atomic E-state index is 11.8. The van der Waals surface area contributed by atoms with E-state index in [2.05, 4.69) is 10.6 Å². The van der Waals surface area contributed by atoms with Gasteiger partial charge in [0.1, 0.15) is 5.54 Å². The van der Waals surface area contributed by atoms with Gasteiger partial charge in [0.2, 0.25) is 17.7 Å². The van der Waals surface area contributed by atoms with Gasteiger partial charge in [-0.3, -0.25) is 14.4 Å². The Hall–Kier alpha value is -1.59. The van der Waals surface area contributed by atoms with Crippen molar-refractivity contribution in [1.29, 1.82) is 0 Å². The summed E-state index contributed by atoms with van der Waals surface area (Å²) in [6.07, 6.45) is 2.74. The van der Waals surface area contributed by atoms with Crippen LogP contribution in [0.15, 0.2) is 0 Å². The lowest BCUT2D eigenvalue weighted by Crippen LogP contribution is -2.54. The lowest BCUT2D eigenvalue weighted by atomic mass is 10.0. The van der Waals surface area contributed by atoms with Crippen LogP contribution < -0.4 is 10.6 Å². The largest absolute Gasteiger partial charge is 0.357 e. The summed E-state index contributed by atoms with van der Waals surface area (Å²) in [6, 6.07) is 0. The van der Waals surface area contributed by atoms with Crippen LogP contribution in [0.2, 0.25) is 0 Å². The number of hydrogen-bond acceptors (Lipinski definition) is 3. The molecule has 0 saturated carbocycles. The van der Waals surface area contributed by atoms with Crippen molar-refractivity contribution in [2.75, 3.05) is 20.1 Å². The number of carbonyl (C=O) groups excluding carboxylic acids is 3. The number of hydrogen-bond donors (Lipinski definition) is 2. The van der Waals surface area contributed by atoms with Crippen LogP contribution in [-0.2, 0) is 14.4 Å². The molecule has 0 atom stereocenters.